The number of hydrogen-bond acceptors (Lipinski definition) is 5. The number of ether oxygens (including phenoxy) is 1. The molecule has 0 spiro atoms. The molecular formula is C22H24N2O3S. The first kappa shape index (κ1) is 19.0. The summed E-state index contributed by atoms with van der Waals surface area (Å²) in [5.41, 5.74) is 0.675. The van der Waals surface area contributed by atoms with Gasteiger partial charge in [0.2, 0.25) is 0 Å². The Bertz CT molecular complexity index is 860. The molecule has 1 atom stereocenters. The number of carbonyl (C=O) groups excluding carboxylic acids is 2. The van der Waals surface area contributed by atoms with Crippen molar-refractivity contribution < 1.29 is 14.3 Å². The maximum atomic E-state index is 12.6. The molecule has 1 N–H and O–H groups in total. The van der Waals surface area contributed by atoms with Gasteiger partial charge in [-0.15, -0.1) is 0 Å². The van der Waals surface area contributed by atoms with Gasteiger partial charge in [-0.3, -0.25) is 9.59 Å². The lowest BCUT2D eigenvalue weighted by Crippen LogP contribution is -2.57. The molecule has 3 fully saturated rings. The number of amides is 1. The van der Waals surface area contributed by atoms with Crippen molar-refractivity contribution in [1.82, 2.24) is 10.2 Å². The SMILES string of the molecule is CC(=O)Oc1ccccc1Sc1ccc(C(=O)NC2CN3CCC2CC3)cc1. The van der Waals surface area contributed by atoms with Crippen molar-refractivity contribution in [3.63, 3.8) is 0 Å². The van der Waals surface area contributed by atoms with Crippen LogP contribution in [0.4, 0.5) is 0 Å². The van der Waals surface area contributed by atoms with Crippen molar-refractivity contribution in [1.29, 1.82) is 0 Å². The highest BCUT2D eigenvalue weighted by Gasteiger charge is 2.34. The molecule has 0 aliphatic carbocycles. The number of nitrogens with zero attached hydrogens (tertiary/aromatic N) is 1. The van der Waals surface area contributed by atoms with Crippen molar-refractivity contribution in [2.24, 2.45) is 5.92 Å². The monoisotopic (exact) mass is 396 g/mol. The number of piperidine rings is 3. The molecule has 5 nitrogen and oxygen atoms in total. The van der Waals surface area contributed by atoms with Gasteiger partial charge in [0, 0.05) is 30.0 Å². The maximum absolute atomic E-state index is 12.6. The van der Waals surface area contributed by atoms with Crippen LogP contribution in [-0.4, -0.2) is 42.5 Å². The number of hydrogen-bond donors (Lipinski definition) is 1. The molecule has 1 amide bonds. The molecule has 0 aromatic heterocycles. The fraction of sp³-hybridized carbons (Fsp3) is 0.364. The van der Waals surface area contributed by atoms with E-state index in [1.807, 2.05) is 42.5 Å². The lowest BCUT2D eigenvalue weighted by molar-refractivity contribution is -0.132. The summed E-state index contributed by atoms with van der Waals surface area (Å²) in [7, 11) is 0. The quantitative estimate of drug-likeness (QED) is 0.618. The Kier molecular flexibility index (Phi) is 5.69. The normalized spacial score (nSPS) is 23.2. The van der Waals surface area contributed by atoms with E-state index < -0.39 is 0 Å². The Morgan fingerprint density at radius 3 is 2.43 bits per heavy atom. The van der Waals surface area contributed by atoms with E-state index in [9.17, 15) is 9.59 Å². The lowest BCUT2D eigenvalue weighted by Gasteiger charge is -2.44. The van der Waals surface area contributed by atoms with Gasteiger partial charge in [-0.1, -0.05) is 23.9 Å². The molecule has 28 heavy (non-hydrogen) atoms. The molecule has 3 aliphatic heterocycles. The Labute approximate surface area is 169 Å². The third kappa shape index (κ3) is 4.39. The fourth-order valence-corrected chi connectivity index (χ4v) is 4.84. The Balaban J connectivity index is 1.40. The predicted molar refractivity (Wildman–Crippen MR) is 109 cm³/mol. The van der Waals surface area contributed by atoms with Crippen molar-refractivity contribution >= 4 is 23.6 Å². The van der Waals surface area contributed by atoms with Crippen LogP contribution < -0.4 is 10.1 Å². The van der Waals surface area contributed by atoms with Crippen LogP contribution in [0.2, 0.25) is 0 Å². The van der Waals surface area contributed by atoms with E-state index in [0.29, 0.717) is 17.2 Å². The predicted octanol–water partition coefficient (Wildman–Crippen LogP) is 3.59. The number of benzene rings is 2. The minimum Gasteiger partial charge on any atom is -0.426 e. The lowest BCUT2D eigenvalue weighted by atomic mass is 9.84. The van der Waals surface area contributed by atoms with E-state index >= 15 is 0 Å². The second-order valence-corrected chi connectivity index (χ2v) is 8.50. The summed E-state index contributed by atoms with van der Waals surface area (Å²) >= 11 is 1.51. The number of esters is 1. The highest BCUT2D eigenvalue weighted by atomic mass is 32.2. The van der Waals surface area contributed by atoms with Crippen LogP contribution >= 0.6 is 11.8 Å². The minimum atomic E-state index is -0.340. The molecule has 1 unspecified atom stereocenters. The Morgan fingerprint density at radius 2 is 1.79 bits per heavy atom. The first-order chi connectivity index (χ1) is 13.6. The van der Waals surface area contributed by atoms with E-state index in [2.05, 4.69) is 10.2 Å². The molecular weight excluding hydrogens is 372 g/mol. The van der Waals surface area contributed by atoms with E-state index in [4.69, 9.17) is 4.74 Å². The number of fused-ring (bicyclic) bond motifs is 3. The van der Waals surface area contributed by atoms with Gasteiger partial charge in [0.15, 0.2) is 0 Å². The standard InChI is InChI=1S/C22H24N2O3S/c1-15(25)27-20-4-2-3-5-21(20)28-18-8-6-17(7-9-18)22(26)23-19-14-24-12-10-16(19)11-13-24/h2-9,16,19H,10-14H2,1H3,(H,23,26). The molecule has 5 rings (SSSR count). The summed E-state index contributed by atoms with van der Waals surface area (Å²) in [5.74, 6) is 0.814. The van der Waals surface area contributed by atoms with Crippen molar-refractivity contribution in [3.8, 4) is 5.75 Å². The molecule has 0 radical (unpaired) electrons. The molecule has 146 valence electrons. The van der Waals surface area contributed by atoms with E-state index in [0.717, 1.165) is 29.4 Å². The fourth-order valence-electron chi connectivity index (χ4n) is 3.96. The van der Waals surface area contributed by atoms with E-state index in [1.165, 1.54) is 31.5 Å². The van der Waals surface area contributed by atoms with Crippen LogP contribution in [0.1, 0.15) is 30.1 Å². The van der Waals surface area contributed by atoms with Gasteiger partial charge in [0.25, 0.3) is 5.91 Å². The molecule has 6 heteroatoms. The number of rotatable bonds is 5. The summed E-state index contributed by atoms with van der Waals surface area (Å²) in [5, 5.41) is 3.22. The average Bonchev–Trinajstić information content (AvgIpc) is 2.70. The molecule has 3 aliphatic rings. The first-order valence-electron chi connectivity index (χ1n) is 9.67. The minimum absolute atomic E-state index is 0.00406. The second-order valence-electron chi connectivity index (χ2n) is 7.38. The van der Waals surface area contributed by atoms with Crippen LogP contribution in [-0.2, 0) is 4.79 Å². The molecule has 3 saturated heterocycles. The van der Waals surface area contributed by atoms with Crippen molar-refractivity contribution in [2.75, 3.05) is 19.6 Å². The Morgan fingerprint density at radius 1 is 1.07 bits per heavy atom. The van der Waals surface area contributed by atoms with Crippen molar-refractivity contribution in [3.05, 3.63) is 54.1 Å². The first-order valence-corrected chi connectivity index (χ1v) is 10.5. The van der Waals surface area contributed by atoms with Gasteiger partial charge in [-0.2, -0.15) is 0 Å². The third-order valence-corrected chi connectivity index (χ3v) is 6.48. The highest BCUT2D eigenvalue weighted by Crippen LogP contribution is 2.35. The highest BCUT2D eigenvalue weighted by molar-refractivity contribution is 7.99. The number of para-hydroxylation sites is 1. The summed E-state index contributed by atoms with van der Waals surface area (Å²) < 4.78 is 5.26. The van der Waals surface area contributed by atoms with Gasteiger partial charge in [-0.25, -0.2) is 0 Å². The zero-order valence-electron chi connectivity index (χ0n) is 15.9. The average molecular weight is 397 g/mol. The topological polar surface area (TPSA) is 58.6 Å². The van der Waals surface area contributed by atoms with Crippen LogP contribution in [0, 0.1) is 5.92 Å². The van der Waals surface area contributed by atoms with E-state index in [-0.39, 0.29) is 17.9 Å². The molecule has 2 aromatic rings. The molecule has 0 saturated carbocycles. The molecule has 2 aromatic carbocycles. The van der Waals surface area contributed by atoms with Gasteiger partial charge in [-0.05, 0) is 68.2 Å². The van der Waals surface area contributed by atoms with Gasteiger partial charge >= 0.3 is 5.97 Å². The summed E-state index contributed by atoms with van der Waals surface area (Å²) in [6.45, 7) is 4.69. The third-order valence-electron chi connectivity index (χ3n) is 5.42. The van der Waals surface area contributed by atoms with Crippen LogP contribution in [0.3, 0.4) is 0 Å². The van der Waals surface area contributed by atoms with Gasteiger partial charge in [0.1, 0.15) is 5.75 Å². The van der Waals surface area contributed by atoms with Crippen molar-refractivity contribution in [2.45, 2.75) is 35.6 Å². The number of carbonyl (C=O) groups is 2. The summed E-state index contributed by atoms with van der Waals surface area (Å²) in [6.07, 6.45) is 2.37. The molecule has 2 bridgehead atoms. The van der Waals surface area contributed by atoms with E-state index in [1.54, 1.807) is 6.07 Å². The largest absolute Gasteiger partial charge is 0.426 e. The zero-order valence-corrected chi connectivity index (χ0v) is 16.7. The summed E-state index contributed by atoms with van der Waals surface area (Å²) in [6, 6.07) is 15.3. The zero-order chi connectivity index (χ0) is 19.5. The Hall–Kier alpha value is -2.31. The van der Waals surface area contributed by atoms with Crippen LogP contribution in [0.25, 0.3) is 0 Å². The van der Waals surface area contributed by atoms with Crippen LogP contribution in [0.15, 0.2) is 58.3 Å². The van der Waals surface area contributed by atoms with Crippen LogP contribution in [0.5, 0.6) is 5.75 Å². The smallest absolute Gasteiger partial charge is 0.308 e. The second kappa shape index (κ2) is 8.37. The summed E-state index contributed by atoms with van der Waals surface area (Å²) in [4.78, 5) is 28.2. The number of nitrogens with one attached hydrogen (secondary N) is 1. The maximum Gasteiger partial charge on any atom is 0.308 e. The molecule has 3 heterocycles. The van der Waals surface area contributed by atoms with Gasteiger partial charge in [0.05, 0.1) is 4.90 Å². The van der Waals surface area contributed by atoms with Gasteiger partial charge < -0.3 is 15.0 Å².